The maximum atomic E-state index is 12.2. The van der Waals surface area contributed by atoms with E-state index in [0.717, 1.165) is 19.4 Å². The largest absolute Gasteiger partial charge is 0.447 e. The summed E-state index contributed by atoms with van der Waals surface area (Å²) in [5, 5.41) is 2.73. The number of hydrogen-bond donors (Lipinski definition) is 2. The van der Waals surface area contributed by atoms with Gasteiger partial charge in [-0.25, -0.2) is 4.79 Å². The first kappa shape index (κ1) is 48.5. The Hall–Kier alpha value is -0.640. The van der Waals surface area contributed by atoms with Gasteiger partial charge in [0.1, 0.15) is 12.7 Å². The van der Waals surface area contributed by atoms with Crippen LogP contribution in [0, 0.1) is 0 Å². The monoisotopic (exact) mass is 695 g/mol. The highest BCUT2D eigenvalue weighted by atomic mass is 35.5. The van der Waals surface area contributed by atoms with Crippen molar-refractivity contribution in [1.29, 1.82) is 0 Å². The van der Waals surface area contributed by atoms with Crippen molar-refractivity contribution in [1.82, 2.24) is 5.32 Å². The Balaban J connectivity index is 0. The zero-order chi connectivity index (χ0) is 33.4. The van der Waals surface area contributed by atoms with Crippen LogP contribution in [0.4, 0.5) is 4.79 Å². The Bertz CT molecular complexity index is 590. The number of halogens is 1. The van der Waals surface area contributed by atoms with Gasteiger partial charge in [-0.1, -0.05) is 155 Å². The van der Waals surface area contributed by atoms with E-state index in [2.05, 4.69) is 19.2 Å². The van der Waals surface area contributed by atoms with E-state index in [1.54, 1.807) is 0 Å². The van der Waals surface area contributed by atoms with Gasteiger partial charge in [-0.15, -0.1) is 12.4 Å². The number of nitrogens with two attached hydrogens (primary N) is 1. The van der Waals surface area contributed by atoms with Crippen LogP contribution < -0.4 is 11.1 Å². The molecule has 0 bridgehead atoms. The number of rotatable bonds is 39. The van der Waals surface area contributed by atoms with Gasteiger partial charge in [-0.2, -0.15) is 0 Å². The summed E-state index contributed by atoms with van der Waals surface area (Å²) in [6, 6.07) is 0. The molecule has 1 atom stereocenters. The van der Waals surface area contributed by atoms with Crippen LogP contribution in [0.2, 0.25) is 0 Å². The number of unbranched alkanes of at least 4 members (excludes halogenated alkanes) is 22. The van der Waals surface area contributed by atoms with Crippen molar-refractivity contribution in [2.24, 2.45) is 5.73 Å². The van der Waals surface area contributed by atoms with Crippen molar-refractivity contribution in [2.75, 3.05) is 65.9 Å². The van der Waals surface area contributed by atoms with Gasteiger partial charge in [0.25, 0.3) is 0 Å². The molecule has 0 aromatic heterocycles. The molecule has 0 rings (SSSR count). The maximum absolute atomic E-state index is 12.2. The first-order chi connectivity index (χ1) is 22.7. The fourth-order valence-corrected chi connectivity index (χ4v) is 5.45. The second-order valence-electron chi connectivity index (χ2n) is 12.9. The van der Waals surface area contributed by atoms with Gasteiger partial charge in [0.15, 0.2) is 0 Å². The summed E-state index contributed by atoms with van der Waals surface area (Å²) in [5.41, 5.74) is 5.39. The number of alkyl carbamates (subject to hydrolysis) is 1. The molecule has 0 spiro atoms. The molecule has 0 aromatic carbocycles. The van der Waals surface area contributed by atoms with Crippen molar-refractivity contribution in [3.8, 4) is 0 Å². The van der Waals surface area contributed by atoms with Gasteiger partial charge in [0.2, 0.25) is 0 Å². The van der Waals surface area contributed by atoms with Crippen molar-refractivity contribution in [3.63, 3.8) is 0 Å². The van der Waals surface area contributed by atoms with Crippen LogP contribution in [0.5, 0.6) is 0 Å². The normalized spacial score (nSPS) is 11.8. The topological polar surface area (TPSA) is 101 Å². The minimum Gasteiger partial charge on any atom is -0.447 e. The summed E-state index contributed by atoms with van der Waals surface area (Å²) in [5.74, 6) is 0. The molecule has 0 aliphatic heterocycles. The molecular weight excluding hydrogens is 616 g/mol. The zero-order valence-electron chi connectivity index (χ0n) is 31.1. The Morgan fingerprint density at radius 3 is 1.40 bits per heavy atom. The van der Waals surface area contributed by atoms with Crippen LogP contribution in [-0.2, 0) is 23.7 Å². The molecule has 0 aromatic rings. The minimum absolute atomic E-state index is 0. The summed E-state index contributed by atoms with van der Waals surface area (Å²) in [6.07, 6.45) is 31.1. The summed E-state index contributed by atoms with van der Waals surface area (Å²) in [6.45, 7) is 9.39. The van der Waals surface area contributed by atoms with Gasteiger partial charge >= 0.3 is 6.09 Å². The SMILES string of the molecule is CCCCCCCCCCCCCCOC[C@H](COC(=O)NCCOCCOCCN)OCCCCCCCCCCCCCC.Cl. The fraction of sp³-hybridized carbons (Fsp3) is 0.974. The lowest BCUT2D eigenvalue weighted by Gasteiger charge is -2.18. The molecule has 3 N–H and O–H groups in total. The van der Waals surface area contributed by atoms with Crippen molar-refractivity contribution in [2.45, 2.75) is 174 Å². The van der Waals surface area contributed by atoms with Crippen LogP contribution in [0.15, 0.2) is 0 Å². The predicted octanol–water partition coefficient (Wildman–Crippen LogP) is 9.93. The number of ether oxygens (including phenoxy) is 5. The molecule has 9 heteroatoms. The van der Waals surface area contributed by atoms with E-state index >= 15 is 0 Å². The standard InChI is InChI=1S/C38H78N2O6.ClH/c1-3-5-7-9-11-13-15-17-19-21-23-25-29-44-35-37(36-46-38(41)40-28-32-43-34-33-42-31-27-39)45-30-26-24-22-20-18-16-14-12-10-8-6-4-2;/h37H,3-36,39H2,1-2H3,(H,40,41);1H/t37-;/m1./s1. The second-order valence-corrected chi connectivity index (χ2v) is 12.9. The van der Waals surface area contributed by atoms with E-state index in [4.69, 9.17) is 29.4 Å². The average molecular weight is 696 g/mol. The van der Waals surface area contributed by atoms with E-state index in [9.17, 15) is 4.79 Å². The van der Waals surface area contributed by atoms with Crippen LogP contribution >= 0.6 is 12.4 Å². The third kappa shape index (κ3) is 41.4. The molecule has 1 amide bonds. The summed E-state index contributed by atoms with van der Waals surface area (Å²) in [7, 11) is 0. The van der Waals surface area contributed by atoms with E-state index in [1.165, 1.54) is 141 Å². The van der Waals surface area contributed by atoms with Crippen LogP contribution in [0.25, 0.3) is 0 Å². The van der Waals surface area contributed by atoms with Crippen molar-refractivity contribution < 1.29 is 28.5 Å². The molecular formula is C38H79ClN2O6. The van der Waals surface area contributed by atoms with E-state index < -0.39 is 6.09 Å². The van der Waals surface area contributed by atoms with Gasteiger partial charge < -0.3 is 34.7 Å². The van der Waals surface area contributed by atoms with Gasteiger partial charge in [-0.3, -0.25) is 0 Å². The lowest BCUT2D eigenvalue weighted by Crippen LogP contribution is -2.33. The first-order valence-electron chi connectivity index (χ1n) is 19.7. The number of carbonyl (C=O) groups is 1. The number of amides is 1. The highest BCUT2D eigenvalue weighted by Gasteiger charge is 2.13. The van der Waals surface area contributed by atoms with Crippen LogP contribution in [0.3, 0.4) is 0 Å². The first-order valence-corrected chi connectivity index (χ1v) is 19.7. The Morgan fingerprint density at radius 2 is 0.936 bits per heavy atom. The lowest BCUT2D eigenvalue weighted by atomic mass is 10.1. The third-order valence-electron chi connectivity index (χ3n) is 8.35. The second kappa shape index (κ2) is 43.4. The Labute approximate surface area is 297 Å². The number of carbonyl (C=O) groups excluding carboxylic acids is 1. The van der Waals surface area contributed by atoms with E-state index in [-0.39, 0.29) is 25.1 Å². The molecule has 0 aliphatic rings. The number of hydrogen-bond acceptors (Lipinski definition) is 7. The molecule has 0 heterocycles. The lowest BCUT2D eigenvalue weighted by molar-refractivity contribution is -0.0469. The quantitative estimate of drug-likeness (QED) is 0.0618. The Morgan fingerprint density at radius 1 is 0.511 bits per heavy atom. The molecule has 0 saturated carbocycles. The smallest absolute Gasteiger partial charge is 0.407 e. The van der Waals surface area contributed by atoms with Gasteiger partial charge in [-0.05, 0) is 12.8 Å². The molecule has 0 aliphatic carbocycles. The average Bonchev–Trinajstić information content (AvgIpc) is 3.06. The van der Waals surface area contributed by atoms with Crippen LogP contribution in [0.1, 0.15) is 168 Å². The molecule has 8 nitrogen and oxygen atoms in total. The van der Waals surface area contributed by atoms with Crippen molar-refractivity contribution >= 4 is 18.5 Å². The highest BCUT2D eigenvalue weighted by Crippen LogP contribution is 2.13. The molecule has 0 fully saturated rings. The summed E-state index contributed by atoms with van der Waals surface area (Å²) in [4.78, 5) is 12.2. The number of nitrogens with one attached hydrogen (secondary N) is 1. The van der Waals surface area contributed by atoms with Crippen LogP contribution in [-0.4, -0.2) is 78.1 Å². The van der Waals surface area contributed by atoms with Gasteiger partial charge in [0.05, 0.1) is 33.0 Å². The fourth-order valence-electron chi connectivity index (χ4n) is 5.45. The Kier molecular flexibility index (Phi) is 44.7. The van der Waals surface area contributed by atoms with Gasteiger partial charge in [0, 0.05) is 26.3 Å². The predicted molar refractivity (Wildman–Crippen MR) is 200 cm³/mol. The summed E-state index contributed by atoms with van der Waals surface area (Å²) < 4.78 is 28.2. The molecule has 0 radical (unpaired) electrons. The summed E-state index contributed by atoms with van der Waals surface area (Å²) >= 11 is 0. The maximum Gasteiger partial charge on any atom is 0.407 e. The molecule has 284 valence electrons. The third-order valence-corrected chi connectivity index (χ3v) is 8.35. The zero-order valence-corrected chi connectivity index (χ0v) is 31.9. The molecule has 0 saturated heterocycles. The van der Waals surface area contributed by atoms with Crippen molar-refractivity contribution in [3.05, 3.63) is 0 Å². The highest BCUT2D eigenvalue weighted by molar-refractivity contribution is 5.85. The minimum atomic E-state index is -0.456. The molecule has 0 unspecified atom stereocenters. The van der Waals surface area contributed by atoms with E-state index in [0.29, 0.717) is 52.7 Å². The van der Waals surface area contributed by atoms with E-state index in [1.807, 2.05) is 0 Å². The molecule has 47 heavy (non-hydrogen) atoms.